The maximum atomic E-state index is 13.1. The lowest BCUT2D eigenvalue weighted by Crippen LogP contribution is -2.35. The van der Waals surface area contributed by atoms with E-state index < -0.39 is 27.6 Å². The average molecular weight is 610 g/mol. The minimum absolute atomic E-state index is 0.000600. The van der Waals surface area contributed by atoms with Crippen LogP contribution >= 0.6 is 0 Å². The van der Waals surface area contributed by atoms with Gasteiger partial charge in [0.05, 0.1) is 29.1 Å². The minimum Gasteiger partial charge on any atom is -0.490 e. The monoisotopic (exact) mass is 609 g/mol. The molecule has 0 aliphatic heterocycles. The van der Waals surface area contributed by atoms with Gasteiger partial charge in [-0.3, -0.25) is 9.78 Å². The summed E-state index contributed by atoms with van der Waals surface area (Å²) in [4.78, 5) is 17.2. The van der Waals surface area contributed by atoms with E-state index in [-0.39, 0.29) is 23.8 Å². The van der Waals surface area contributed by atoms with Crippen molar-refractivity contribution in [2.75, 3.05) is 18.8 Å². The van der Waals surface area contributed by atoms with Crippen LogP contribution < -0.4 is 14.8 Å². The third kappa shape index (κ3) is 10.4. The van der Waals surface area contributed by atoms with E-state index in [9.17, 15) is 23.4 Å². The van der Waals surface area contributed by atoms with Crippen LogP contribution in [0.2, 0.25) is 0 Å². The molecule has 1 aliphatic rings. The van der Waals surface area contributed by atoms with Gasteiger partial charge in [0.25, 0.3) is 5.91 Å². The van der Waals surface area contributed by atoms with Crippen LogP contribution in [0.1, 0.15) is 80.0 Å². The van der Waals surface area contributed by atoms with Crippen LogP contribution in [-0.4, -0.2) is 60.1 Å². The van der Waals surface area contributed by atoms with Crippen LogP contribution in [0.3, 0.4) is 0 Å². The Bertz CT molecular complexity index is 1430. The molecule has 43 heavy (non-hydrogen) atoms. The summed E-state index contributed by atoms with van der Waals surface area (Å²) in [6.07, 6.45) is 8.51. The highest BCUT2D eigenvalue weighted by atomic mass is 32.2. The number of carbonyl (C=O) groups is 1. The molecular weight excluding hydrogens is 566 g/mol. The number of benzene rings is 2. The third-order valence-corrected chi connectivity index (χ3v) is 8.83. The van der Waals surface area contributed by atoms with Crippen LogP contribution in [0.15, 0.2) is 67.0 Å². The molecule has 1 aliphatic carbocycles. The van der Waals surface area contributed by atoms with Crippen LogP contribution in [0, 0.1) is 0 Å². The topological polar surface area (TPSA) is 138 Å². The molecule has 3 aromatic rings. The van der Waals surface area contributed by atoms with Gasteiger partial charge in [0.1, 0.15) is 5.75 Å². The summed E-state index contributed by atoms with van der Waals surface area (Å²) in [6, 6.07) is 17.0. The molecule has 0 saturated heterocycles. The summed E-state index contributed by atoms with van der Waals surface area (Å²) < 4.78 is 33.6. The molecule has 1 amide bonds. The Balaban J connectivity index is 1.42. The Hall–Kier alpha value is -3.31. The number of pyridine rings is 1. The fourth-order valence-corrected chi connectivity index (χ4v) is 6.27. The number of aliphatic hydroxyl groups excluding tert-OH is 1. The SMILES string of the molecule is CC(C)(O)CCS(=O)(=O)NC(=O)c1ccc(-c2ccc(CCNC[C@@H](O)c3cccnc3)cc2)cc1OC1CCCCC1. The summed E-state index contributed by atoms with van der Waals surface area (Å²) in [5.41, 5.74) is 2.72. The number of aromatic nitrogens is 1. The second kappa shape index (κ2) is 14.9. The second-order valence-electron chi connectivity index (χ2n) is 11.9. The number of amides is 1. The van der Waals surface area contributed by atoms with Gasteiger partial charge in [-0.1, -0.05) is 42.8 Å². The first kappa shape index (κ1) is 32.6. The number of hydrogen-bond acceptors (Lipinski definition) is 8. The Morgan fingerprint density at radius 2 is 1.79 bits per heavy atom. The fourth-order valence-electron chi connectivity index (χ4n) is 5.01. The lowest BCUT2D eigenvalue weighted by atomic mass is 9.97. The molecule has 2 aromatic carbocycles. The first-order valence-electron chi connectivity index (χ1n) is 14.9. The van der Waals surface area contributed by atoms with Crippen molar-refractivity contribution in [1.29, 1.82) is 0 Å². The van der Waals surface area contributed by atoms with E-state index in [0.29, 0.717) is 18.8 Å². The Labute approximate surface area is 254 Å². The first-order valence-corrected chi connectivity index (χ1v) is 16.6. The molecule has 0 radical (unpaired) electrons. The lowest BCUT2D eigenvalue weighted by Gasteiger charge is -2.24. The number of nitrogens with zero attached hydrogens (tertiary/aromatic N) is 1. The summed E-state index contributed by atoms with van der Waals surface area (Å²) in [7, 11) is -3.94. The van der Waals surface area contributed by atoms with E-state index in [0.717, 1.165) is 60.8 Å². The van der Waals surface area contributed by atoms with E-state index in [1.807, 2.05) is 36.4 Å². The number of carbonyl (C=O) groups excluding carboxylic acids is 1. The van der Waals surface area contributed by atoms with Gasteiger partial charge in [-0.25, -0.2) is 13.1 Å². The zero-order chi connectivity index (χ0) is 30.9. The van der Waals surface area contributed by atoms with Gasteiger partial charge in [0, 0.05) is 24.5 Å². The highest BCUT2D eigenvalue weighted by Gasteiger charge is 2.25. The molecule has 1 heterocycles. The predicted molar refractivity (Wildman–Crippen MR) is 167 cm³/mol. The Morgan fingerprint density at radius 3 is 2.47 bits per heavy atom. The van der Waals surface area contributed by atoms with E-state index in [4.69, 9.17) is 4.74 Å². The van der Waals surface area contributed by atoms with E-state index in [1.165, 1.54) is 13.8 Å². The summed E-state index contributed by atoms with van der Waals surface area (Å²) in [6.45, 7) is 4.20. The standard InChI is InChI=1S/C33H43N3O6S/c1-33(2,39)17-20-43(40,41)36-32(38)29-15-14-26(21-31(29)42-28-8-4-3-5-9-28)25-12-10-24(11-13-25)16-19-35-23-30(37)27-7-6-18-34-22-27/h6-7,10-15,18,21-22,28,30,35,37,39H,3-5,8-9,16-17,19-20,23H2,1-2H3,(H,36,38)/t30-/m1/s1. The number of nitrogens with one attached hydrogen (secondary N) is 2. The quantitative estimate of drug-likeness (QED) is 0.196. The fraction of sp³-hybridized carbons (Fsp3) is 0.455. The third-order valence-electron chi connectivity index (χ3n) is 7.59. The predicted octanol–water partition coefficient (Wildman–Crippen LogP) is 4.55. The number of rotatable bonds is 14. The Kier molecular flexibility index (Phi) is 11.3. The van der Waals surface area contributed by atoms with Gasteiger partial charge >= 0.3 is 0 Å². The number of aliphatic hydroxyl groups is 2. The average Bonchev–Trinajstić information content (AvgIpc) is 2.99. The smallest absolute Gasteiger partial charge is 0.268 e. The highest BCUT2D eigenvalue weighted by molar-refractivity contribution is 7.90. The molecule has 1 saturated carbocycles. The molecule has 9 nitrogen and oxygen atoms in total. The second-order valence-corrected chi connectivity index (χ2v) is 13.7. The zero-order valence-electron chi connectivity index (χ0n) is 25.0. The normalized spacial score (nSPS) is 15.2. The molecular formula is C33H43N3O6S. The van der Waals surface area contributed by atoms with Crippen LogP contribution in [0.5, 0.6) is 5.75 Å². The minimum atomic E-state index is -3.94. The highest BCUT2D eigenvalue weighted by Crippen LogP contribution is 2.31. The van der Waals surface area contributed by atoms with Gasteiger partial charge in [-0.15, -0.1) is 0 Å². The number of sulfonamides is 1. The maximum Gasteiger partial charge on any atom is 0.268 e. The molecule has 1 aromatic heterocycles. The molecule has 1 atom stereocenters. The Morgan fingerprint density at radius 1 is 1.07 bits per heavy atom. The zero-order valence-corrected chi connectivity index (χ0v) is 25.8. The van der Waals surface area contributed by atoms with Gasteiger partial charge in [0.2, 0.25) is 10.0 Å². The molecule has 10 heteroatoms. The van der Waals surface area contributed by atoms with Gasteiger partial charge in [-0.2, -0.15) is 0 Å². The largest absolute Gasteiger partial charge is 0.490 e. The molecule has 232 valence electrons. The molecule has 4 rings (SSSR count). The van der Waals surface area contributed by atoms with Crippen molar-refractivity contribution in [3.8, 4) is 16.9 Å². The van der Waals surface area contributed by atoms with Crippen molar-refractivity contribution in [2.45, 2.75) is 76.6 Å². The summed E-state index contributed by atoms with van der Waals surface area (Å²) in [5.74, 6) is -0.754. The van der Waals surface area contributed by atoms with Crippen molar-refractivity contribution < 1.29 is 28.2 Å². The van der Waals surface area contributed by atoms with Gasteiger partial charge in [-0.05, 0) is 93.8 Å². The van der Waals surface area contributed by atoms with E-state index >= 15 is 0 Å². The van der Waals surface area contributed by atoms with Crippen molar-refractivity contribution in [1.82, 2.24) is 15.0 Å². The molecule has 4 N–H and O–H groups in total. The van der Waals surface area contributed by atoms with E-state index in [2.05, 4.69) is 15.0 Å². The first-order chi connectivity index (χ1) is 20.5. The van der Waals surface area contributed by atoms with Gasteiger partial charge in [0.15, 0.2) is 0 Å². The molecule has 1 fully saturated rings. The molecule has 0 spiro atoms. The summed E-state index contributed by atoms with van der Waals surface area (Å²) >= 11 is 0. The van der Waals surface area contributed by atoms with Crippen molar-refractivity contribution >= 4 is 15.9 Å². The van der Waals surface area contributed by atoms with Crippen molar-refractivity contribution in [2.24, 2.45) is 0 Å². The lowest BCUT2D eigenvalue weighted by molar-refractivity contribution is 0.0769. The van der Waals surface area contributed by atoms with E-state index in [1.54, 1.807) is 30.6 Å². The number of hydrogen-bond donors (Lipinski definition) is 4. The molecule has 0 unspecified atom stereocenters. The summed E-state index contributed by atoms with van der Waals surface area (Å²) in [5, 5.41) is 23.5. The van der Waals surface area contributed by atoms with Crippen molar-refractivity contribution in [3.63, 3.8) is 0 Å². The van der Waals surface area contributed by atoms with Gasteiger partial charge < -0.3 is 20.3 Å². The number of ether oxygens (including phenoxy) is 1. The van der Waals surface area contributed by atoms with Crippen LogP contribution in [0.25, 0.3) is 11.1 Å². The van der Waals surface area contributed by atoms with Crippen LogP contribution in [0.4, 0.5) is 0 Å². The molecule has 0 bridgehead atoms. The maximum absolute atomic E-state index is 13.1. The van der Waals surface area contributed by atoms with Crippen molar-refractivity contribution in [3.05, 3.63) is 83.7 Å². The van der Waals surface area contributed by atoms with Crippen LogP contribution in [-0.2, 0) is 16.4 Å².